The molecule has 19 heavy (non-hydrogen) atoms. The van der Waals surface area contributed by atoms with Gasteiger partial charge in [0, 0.05) is 24.8 Å². The number of amides is 2. The number of nitrogens with one attached hydrogen (secondary N) is 1. The first kappa shape index (κ1) is 14.7. The number of nitrogens with zero attached hydrogens (tertiary/aromatic N) is 1. The van der Waals surface area contributed by atoms with E-state index in [0.717, 1.165) is 31.4 Å². The maximum absolute atomic E-state index is 12.9. The third kappa shape index (κ3) is 3.07. The molecule has 1 aliphatic heterocycles. The molecule has 1 atom stereocenters. The van der Waals surface area contributed by atoms with Crippen LogP contribution >= 0.6 is 11.8 Å². The highest BCUT2D eigenvalue weighted by Crippen LogP contribution is 2.32. The van der Waals surface area contributed by atoms with Crippen molar-refractivity contribution in [1.29, 1.82) is 0 Å². The fourth-order valence-corrected chi connectivity index (χ4v) is 3.89. The van der Waals surface area contributed by atoms with Crippen LogP contribution in [0.5, 0.6) is 0 Å². The van der Waals surface area contributed by atoms with Crippen molar-refractivity contribution < 1.29 is 9.59 Å². The Morgan fingerprint density at radius 2 is 2.00 bits per heavy atom. The van der Waals surface area contributed by atoms with Gasteiger partial charge in [-0.2, -0.15) is 11.8 Å². The molecule has 1 heterocycles. The van der Waals surface area contributed by atoms with Crippen molar-refractivity contribution >= 4 is 23.6 Å². The number of rotatable bonds is 3. The van der Waals surface area contributed by atoms with E-state index in [9.17, 15) is 9.59 Å². The Bertz CT molecular complexity index is 353. The summed E-state index contributed by atoms with van der Waals surface area (Å²) in [5, 5.41) is 3.03. The van der Waals surface area contributed by atoms with Crippen LogP contribution < -0.4 is 5.32 Å². The zero-order chi connectivity index (χ0) is 13.9. The lowest BCUT2D eigenvalue weighted by Gasteiger charge is -2.39. The summed E-state index contributed by atoms with van der Waals surface area (Å²) < 4.78 is 0. The van der Waals surface area contributed by atoms with Crippen LogP contribution in [0.3, 0.4) is 0 Å². The first-order chi connectivity index (χ1) is 9.09. The largest absolute Gasteiger partial charge is 0.342 e. The van der Waals surface area contributed by atoms with Gasteiger partial charge in [-0.05, 0) is 26.0 Å². The lowest BCUT2D eigenvalue weighted by molar-refractivity contribution is -0.141. The maximum atomic E-state index is 12.9. The molecule has 4 nitrogen and oxygen atoms in total. The Balaban J connectivity index is 2.21. The summed E-state index contributed by atoms with van der Waals surface area (Å²) >= 11 is 1.75. The number of thioether (sulfide) groups is 1. The Morgan fingerprint density at radius 3 is 2.63 bits per heavy atom. The molecule has 0 radical (unpaired) electrons. The second kappa shape index (κ2) is 6.16. The summed E-state index contributed by atoms with van der Waals surface area (Å²) in [6, 6.07) is 0.203. The summed E-state index contributed by atoms with van der Waals surface area (Å²) in [7, 11) is 0. The first-order valence-corrected chi connectivity index (χ1v) is 8.59. The highest BCUT2D eigenvalue weighted by molar-refractivity contribution is 7.98. The Morgan fingerprint density at radius 1 is 1.32 bits per heavy atom. The molecule has 2 aliphatic rings. The van der Waals surface area contributed by atoms with Crippen LogP contribution in [0, 0.1) is 0 Å². The van der Waals surface area contributed by atoms with Crippen molar-refractivity contribution in [3.8, 4) is 0 Å². The molecule has 5 heteroatoms. The minimum atomic E-state index is -0.599. The van der Waals surface area contributed by atoms with E-state index in [-0.39, 0.29) is 17.9 Å². The van der Waals surface area contributed by atoms with E-state index in [1.807, 2.05) is 4.90 Å². The quantitative estimate of drug-likeness (QED) is 0.859. The topological polar surface area (TPSA) is 49.4 Å². The molecule has 1 N–H and O–H groups in total. The molecule has 2 fully saturated rings. The van der Waals surface area contributed by atoms with Crippen molar-refractivity contribution in [2.45, 2.75) is 57.0 Å². The summed E-state index contributed by atoms with van der Waals surface area (Å²) in [4.78, 5) is 26.7. The smallest absolute Gasteiger partial charge is 0.248 e. The standard InChI is InChI=1S/C14H24N2O2S/c1-11(10-19-2)16-9-6-12(17)15-14(13(16)18)7-4-3-5-8-14/h11H,3-10H2,1-2H3,(H,15,17). The van der Waals surface area contributed by atoms with E-state index >= 15 is 0 Å². The molecule has 1 unspecified atom stereocenters. The average Bonchev–Trinajstić information content (AvgIpc) is 2.50. The maximum Gasteiger partial charge on any atom is 0.248 e. The van der Waals surface area contributed by atoms with Crippen molar-refractivity contribution in [2.24, 2.45) is 0 Å². The molecular weight excluding hydrogens is 260 g/mol. The SMILES string of the molecule is CSCC(C)N1CCC(=O)NC2(CCCCC2)C1=O. The summed E-state index contributed by atoms with van der Waals surface area (Å²) in [5.41, 5.74) is -0.599. The summed E-state index contributed by atoms with van der Waals surface area (Å²) in [6.07, 6.45) is 7.35. The molecular formula is C14H24N2O2S. The molecule has 1 spiro atoms. The van der Waals surface area contributed by atoms with Gasteiger partial charge < -0.3 is 10.2 Å². The minimum absolute atomic E-state index is 0.0362. The van der Waals surface area contributed by atoms with Gasteiger partial charge in [-0.25, -0.2) is 0 Å². The molecule has 0 aromatic rings. The van der Waals surface area contributed by atoms with Crippen LogP contribution in [0.15, 0.2) is 0 Å². The zero-order valence-electron chi connectivity index (χ0n) is 11.9. The van der Waals surface area contributed by atoms with Gasteiger partial charge >= 0.3 is 0 Å². The Kier molecular flexibility index (Phi) is 4.76. The highest BCUT2D eigenvalue weighted by Gasteiger charge is 2.45. The van der Waals surface area contributed by atoms with Crippen LogP contribution in [-0.2, 0) is 9.59 Å². The van der Waals surface area contributed by atoms with Crippen LogP contribution in [0.2, 0.25) is 0 Å². The van der Waals surface area contributed by atoms with Crippen molar-refractivity contribution in [2.75, 3.05) is 18.6 Å². The number of carbonyl (C=O) groups is 2. The van der Waals surface area contributed by atoms with Gasteiger partial charge in [0.05, 0.1) is 0 Å². The molecule has 0 aromatic heterocycles. The molecule has 2 amide bonds. The van der Waals surface area contributed by atoms with Crippen LogP contribution in [0.4, 0.5) is 0 Å². The lowest BCUT2D eigenvalue weighted by Crippen LogP contribution is -2.59. The van der Waals surface area contributed by atoms with E-state index in [0.29, 0.717) is 13.0 Å². The molecule has 1 saturated carbocycles. The minimum Gasteiger partial charge on any atom is -0.342 e. The fourth-order valence-electron chi connectivity index (χ4n) is 3.23. The first-order valence-electron chi connectivity index (χ1n) is 7.20. The van der Waals surface area contributed by atoms with E-state index in [1.54, 1.807) is 11.8 Å². The third-order valence-electron chi connectivity index (χ3n) is 4.28. The molecule has 2 rings (SSSR count). The van der Waals surface area contributed by atoms with Gasteiger partial charge in [0.15, 0.2) is 0 Å². The van der Waals surface area contributed by atoms with Crippen LogP contribution in [0.25, 0.3) is 0 Å². The predicted octanol–water partition coefficient (Wildman–Crippen LogP) is 1.79. The lowest BCUT2D eigenvalue weighted by atomic mass is 9.80. The van der Waals surface area contributed by atoms with Gasteiger partial charge in [0.2, 0.25) is 11.8 Å². The van der Waals surface area contributed by atoms with Gasteiger partial charge in [-0.1, -0.05) is 19.3 Å². The Hall–Kier alpha value is -0.710. The fraction of sp³-hybridized carbons (Fsp3) is 0.857. The molecule has 108 valence electrons. The van der Waals surface area contributed by atoms with Gasteiger partial charge in [-0.3, -0.25) is 9.59 Å². The van der Waals surface area contributed by atoms with E-state index in [4.69, 9.17) is 0 Å². The molecule has 1 saturated heterocycles. The number of carbonyl (C=O) groups excluding carboxylic acids is 2. The van der Waals surface area contributed by atoms with Gasteiger partial charge in [-0.15, -0.1) is 0 Å². The second-order valence-electron chi connectivity index (χ2n) is 5.74. The highest BCUT2D eigenvalue weighted by atomic mass is 32.2. The molecule has 1 aliphatic carbocycles. The van der Waals surface area contributed by atoms with Crippen molar-refractivity contribution in [3.63, 3.8) is 0 Å². The van der Waals surface area contributed by atoms with E-state index in [1.165, 1.54) is 6.42 Å². The number of hydrogen-bond acceptors (Lipinski definition) is 3. The van der Waals surface area contributed by atoms with Crippen molar-refractivity contribution in [3.05, 3.63) is 0 Å². The third-order valence-corrected chi connectivity index (χ3v) is 5.09. The molecule has 0 aromatic carbocycles. The zero-order valence-corrected chi connectivity index (χ0v) is 12.7. The number of hydrogen-bond donors (Lipinski definition) is 1. The van der Waals surface area contributed by atoms with Gasteiger partial charge in [0.1, 0.15) is 5.54 Å². The predicted molar refractivity (Wildman–Crippen MR) is 78.1 cm³/mol. The van der Waals surface area contributed by atoms with Crippen molar-refractivity contribution in [1.82, 2.24) is 10.2 Å². The van der Waals surface area contributed by atoms with Gasteiger partial charge in [0.25, 0.3) is 0 Å². The van der Waals surface area contributed by atoms with Crippen LogP contribution in [-0.4, -0.2) is 46.8 Å². The summed E-state index contributed by atoms with van der Waals surface area (Å²) in [6.45, 7) is 2.65. The monoisotopic (exact) mass is 284 g/mol. The van der Waals surface area contributed by atoms with E-state index < -0.39 is 5.54 Å². The van der Waals surface area contributed by atoms with E-state index in [2.05, 4.69) is 18.5 Å². The van der Waals surface area contributed by atoms with Crippen LogP contribution in [0.1, 0.15) is 45.4 Å². The average molecular weight is 284 g/mol. The molecule has 0 bridgehead atoms. The summed E-state index contributed by atoms with van der Waals surface area (Å²) in [5.74, 6) is 1.12. The normalized spacial score (nSPS) is 25.1. The Labute approximate surface area is 119 Å². The second-order valence-corrected chi connectivity index (χ2v) is 6.65.